The van der Waals surface area contributed by atoms with Gasteiger partial charge in [0, 0.05) is 23.2 Å². The van der Waals surface area contributed by atoms with Crippen LogP contribution in [0.3, 0.4) is 0 Å². The fourth-order valence-electron chi connectivity index (χ4n) is 3.32. The van der Waals surface area contributed by atoms with Crippen molar-refractivity contribution >= 4 is 23.2 Å². The Morgan fingerprint density at radius 1 is 1.04 bits per heavy atom. The number of nitrogens with two attached hydrogens (primary N) is 1. The van der Waals surface area contributed by atoms with Crippen LogP contribution in [0, 0.1) is 0 Å². The molecule has 0 saturated heterocycles. The topological polar surface area (TPSA) is 68.9 Å². The molecule has 0 radical (unpaired) electrons. The lowest BCUT2D eigenvalue weighted by Gasteiger charge is -2.33. The van der Waals surface area contributed by atoms with E-state index in [2.05, 4.69) is 22.4 Å². The molecule has 1 fully saturated rings. The first-order valence-corrected chi connectivity index (χ1v) is 9.30. The highest BCUT2D eigenvalue weighted by atomic mass is 35.5. The van der Waals surface area contributed by atoms with Crippen LogP contribution < -0.4 is 20.5 Å². The number of nitrogens with one attached hydrogen (secondary N) is 1. The van der Waals surface area contributed by atoms with E-state index in [0.29, 0.717) is 25.1 Å². The molecule has 5 nitrogen and oxygen atoms in total. The van der Waals surface area contributed by atoms with Crippen LogP contribution in [0.2, 0.25) is 5.02 Å². The van der Waals surface area contributed by atoms with E-state index in [9.17, 15) is 0 Å². The van der Waals surface area contributed by atoms with Gasteiger partial charge < -0.3 is 20.5 Å². The van der Waals surface area contributed by atoms with Crippen molar-refractivity contribution in [2.75, 3.05) is 18.5 Å². The van der Waals surface area contributed by atoms with Crippen molar-refractivity contribution in [3.63, 3.8) is 0 Å². The Morgan fingerprint density at radius 2 is 1.77 bits per heavy atom. The first-order chi connectivity index (χ1) is 12.7. The average molecular weight is 372 g/mol. The van der Waals surface area contributed by atoms with E-state index >= 15 is 0 Å². The molecule has 136 valence electrons. The molecule has 2 aliphatic rings. The van der Waals surface area contributed by atoms with Gasteiger partial charge >= 0.3 is 0 Å². The predicted molar refractivity (Wildman–Crippen MR) is 105 cm³/mol. The maximum atomic E-state index is 6.08. The highest BCUT2D eigenvalue weighted by molar-refractivity contribution is 6.30. The Morgan fingerprint density at radius 3 is 2.54 bits per heavy atom. The number of aliphatic imine (C=N–C) groups is 1. The number of hydrogen-bond donors (Lipinski definition) is 2. The molecule has 0 unspecified atom stereocenters. The van der Waals surface area contributed by atoms with E-state index in [-0.39, 0.29) is 6.04 Å². The maximum absolute atomic E-state index is 6.08. The Balaban J connectivity index is 1.34. The van der Waals surface area contributed by atoms with E-state index in [0.717, 1.165) is 41.5 Å². The molecule has 6 heteroatoms. The summed E-state index contributed by atoms with van der Waals surface area (Å²) >= 11 is 5.94. The second-order valence-corrected chi connectivity index (χ2v) is 7.16. The Kier molecular flexibility index (Phi) is 4.89. The number of guanidine groups is 1. The molecule has 1 heterocycles. The van der Waals surface area contributed by atoms with Crippen molar-refractivity contribution in [3.05, 3.63) is 53.1 Å². The summed E-state index contributed by atoms with van der Waals surface area (Å²) in [6.07, 6.45) is 2.90. The van der Waals surface area contributed by atoms with E-state index in [1.807, 2.05) is 30.3 Å². The van der Waals surface area contributed by atoms with Crippen molar-refractivity contribution in [1.82, 2.24) is 0 Å². The quantitative estimate of drug-likeness (QED) is 0.627. The lowest BCUT2D eigenvalue weighted by molar-refractivity contribution is 0.297. The largest absolute Gasteiger partial charge is 0.490 e. The molecule has 0 atom stereocenters. The van der Waals surface area contributed by atoms with Crippen LogP contribution in [0.4, 0.5) is 5.69 Å². The highest BCUT2D eigenvalue weighted by Crippen LogP contribution is 2.39. The lowest BCUT2D eigenvalue weighted by atomic mass is 9.76. The summed E-state index contributed by atoms with van der Waals surface area (Å²) in [5.41, 5.74) is 8.24. The molecule has 4 rings (SSSR count). The third-order valence-corrected chi connectivity index (χ3v) is 5.05. The van der Waals surface area contributed by atoms with Gasteiger partial charge in [0.05, 0.1) is 19.3 Å². The summed E-state index contributed by atoms with van der Waals surface area (Å²) in [5, 5.41) is 3.92. The number of halogens is 1. The second kappa shape index (κ2) is 7.46. The van der Waals surface area contributed by atoms with Crippen LogP contribution in [0.25, 0.3) is 0 Å². The molecule has 2 aromatic carbocycles. The van der Waals surface area contributed by atoms with Crippen molar-refractivity contribution in [3.8, 4) is 11.5 Å². The normalized spacial score (nSPS) is 22.3. The number of rotatable bonds is 3. The van der Waals surface area contributed by atoms with Gasteiger partial charge in [-0.25, -0.2) is 4.99 Å². The number of anilines is 1. The fourth-order valence-corrected chi connectivity index (χ4v) is 3.44. The van der Waals surface area contributed by atoms with Crippen LogP contribution in [0.1, 0.15) is 30.7 Å². The van der Waals surface area contributed by atoms with Gasteiger partial charge in [0.1, 0.15) is 0 Å². The van der Waals surface area contributed by atoms with Gasteiger partial charge in [0.2, 0.25) is 0 Å². The van der Waals surface area contributed by atoms with Crippen LogP contribution in [-0.4, -0.2) is 25.2 Å². The number of ether oxygens (including phenoxy) is 2. The second-order valence-electron chi connectivity index (χ2n) is 6.73. The SMILES string of the molecule is NC(=NC1CC(c2ccc(Cl)cc2)C1)Nc1ccc2c(c1)OCCCO2. The minimum atomic E-state index is 0.253. The van der Waals surface area contributed by atoms with Gasteiger partial charge in [-0.2, -0.15) is 0 Å². The Hall–Kier alpha value is -2.40. The molecular formula is C20H22ClN3O2. The molecular weight excluding hydrogens is 350 g/mol. The van der Waals surface area contributed by atoms with Crippen molar-refractivity contribution in [2.24, 2.45) is 10.7 Å². The molecule has 3 N–H and O–H groups in total. The minimum Gasteiger partial charge on any atom is -0.490 e. The summed E-state index contributed by atoms with van der Waals surface area (Å²) in [6, 6.07) is 14.0. The summed E-state index contributed by atoms with van der Waals surface area (Å²) in [7, 11) is 0. The molecule has 0 spiro atoms. The molecule has 26 heavy (non-hydrogen) atoms. The first-order valence-electron chi connectivity index (χ1n) is 8.93. The molecule has 1 aliphatic heterocycles. The van der Waals surface area contributed by atoms with Crippen LogP contribution in [0.5, 0.6) is 11.5 Å². The van der Waals surface area contributed by atoms with Gasteiger partial charge in [-0.1, -0.05) is 23.7 Å². The molecule has 0 amide bonds. The zero-order chi connectivity index (χ0) is 17.9. The van der Waals surface area contributed by atoms with Crippen LogP contribution >= 0.6 is 11.6 Å². The predicted octanol–water partition coefficient (Wildman–Crippen LogP) is 4.17. The van der Waals surface area contributed by atoms with Gasteiger partial charge in [-0.15, -0.1) is 0 Å². The van der Waals surface area contributed by atoms with Crippen LogP contribution in [0.15, 0.2) is 47.5 Å². The fraction of sp³-hybridized carbons (Fsp3) is 0.350. The Labute approximate surface area is 158 Å². The summed E-state index contributed by atoms with van der Waals surface area (Å²) in [5.74, 6) is 2.48. The van der Waals surface area contributed by atoms with Gasteiger partial charge in [-0.05, 0) is 48.6 Å². The minimum absolute atomic E-state index is 0.253. The number of benzene rings is 2. The number of hydrogen-bond acceptors (Lipinski definition) is 3. The summed E-state index contributed by atoms with van der Waals surface area (Å²) < 4.78 is 11.3. The lowest BCUT2D eigenvalue weighted by Crippen LogP contribution is -2.31. The van der Waals surface area contributed by atoms with E-state index in [1.54, 1.807) is 0 Å². The highest BCUT2D eigenvalue weighted by Gasteiger charge is 2.30. The number of fused-ring (bicyclic) bond motifs is 1. The van der Waals surface area contributed by atoms with Gasteiger partial charge in [0.25, 0.3) is 0 Å². The van der Waals surface area contributed by atoms with Crippen molar-refractivity contribution < 1.29 is 9.47 Å². The summed E-state index contributed by atoms with van der Waals surface area (Å²) in [6.45, 7) is 1.34. The zero-order valence-corrected chi connectivity index (χ0v) is 15.2. The molecule has 1 aliphatic carbocycles. The monoisotopic (exact) mass is 371 g/mol. The molecule has 2 aromatic rings. The molecule has 1 saturated carbocycles. The summed E-state index contributed by atoms with van der Waals surface area (Å²) in [4.78, 5) is 4.59. The van der Waals surface area contributed by atoms with E-state index < -0.39 is 0 Å². The number of nitrogens with zero attached hydrogens (tertiary/aromatic N) is 1. The van der Waals surface area contributed by atoms with Crippen molar-refractivity contribution in [1.29, 1.82) is 0 Å². The van der Waals surface area contributed by atoms with Crippen molar-refractivity contribution in [2.45, 2.75) is 31.2 Å². The molecule has 0 bridgehead atoms. The average Bonchev–Trinajstić information content (AvgIpc) is 2.84. The maximum Gasteiger partial charge on any atom is 0.193 e. The first kappa shape index (κ1) is 17.0. The zero-order valence-electron chi connectivity index (χ0n) is 14.5. The van der Waals surface area contributed by atoms with E-state index in [4.69, 9.17) is 26.8 Å². The van der Waals surface area contributed by atoms with E-state index in [1.165, 1.54) is 5.56 Å². The third kappa shape index (κ3) is 3.88. The van der Waals surface area contributed by atoms with Crippen LogP contribution in [-0.2, 0) is 0 Å². The van der Waals surface area contributed by atoms with Gasteiger partial charge in [-0.3, -0.25) is 0 Å². The van der Waals surface area contributed by atoms with Gasteiger partial charge in [0.15, 0.2) is 17.5 Å². The Bertz CT molecular complexity index is 801. The third-order valence-electron chi connectivity index (χ3n) is 4.80. The molecule has 0 aromatic heterocycles. The smallest absolute Gasteiger partial charge is 0.193 e. The standard InChI is InChI=1S/C20H22ClN3O2/c21-15-4-2-13(3-5-15)14-10-17(11-14)24-20(22)23-16-6-7-18-19(12-16)26-9-1-8-25-18/h2-7,12,14,17H,1,8-11H2,(H3,22,23,24).